The number of nitrogens with two attached hydrogens (primary N) is 1. The molecule has 1 fully saturated rings. The average molecular weight is 361 g/mol. The van der Waals surface area contributed by atoms with Gasteiger partial charge in [0.15, 0.2) is 0 Å². The molecule has 128 valence electrons. The Morgan fingerprint density at radius 1 is 1.22 bits per heavy atom. The third-order valence-corrected chi connectivity index (χ3v) is 6.39. The fourth-order valence-electron chi connectivity index (χ4n) is 3.14. The number of hydrogen-bond donors (Lipinski definition) is 1. The van der Waals surface area contributed by atoms with E-state index in [1.54, 1.807) is 32.3 Å². The Morgan fingerprint density at radius 3 is 2.52 bits per heavy atom. The summed E-state index contributed by atoms with van der Waals surface area (Å²) in [5.74, 6) is 0. The number of benzene rings is 1. The zero-order valence-electron chi connectivity index (χ0n) is 13.1. The second-order valence-electron chi connectivity index (χ2n) is 5.70. The van der Waals surface area contributed by atoms with E-state index in [-0.39, 0.29) is 29.0 Å². The molecule has 0 radical (unpaired) electrons. The van der Waals surface area contributed by atoms with Gasteiger partial charge in [-0.25, -0.2) is 13.2 Å². The van der Waals surface area contributed by atoms with Crippen molar-refractivity contribution in [2.75, 3.05) is 13.1 Å². The van der Waals surface area contributed by atoms with Crippen molar-refractivity contribution in [2.24, 2.45) is 19.8 Å². The van der Waals surface area contributed by atoms with Crippen molar-refractivity contribution >= 4 is 33.5 Å². The van der Waals surface area contributed by atoms with E-state index in [1.165, 1.54) is 13.4 Å². The largest absolute Gasteiger partial charge is 0.329 e. The van der Waals surface area contributed by atoms with E-state index < -0.39 is 10.0 Å². The van der Waals surface area contributed by atoms with Gasteiger partial charge >= 0.3 is 5.69 Å². The molecule has 1 saturated heterocycles. The van der Waals surface area contributed by atoms with Gasteiger partial charge < -0.3 is 5.73 Å². The molecule has 0 spiro atoms. The third kappa shape index (κ3) is 2.69. The highest BCUT2D eigenvalue weighted by molar-refractivity contribution is 7.89. The van der Waals surface area contributed by atoms with Crippen molar-refractivity contribution in [1.29, 1.82) is 0 Å². The van der Waals surface area contributed by atoms with Crippen LogP contribution in [0.4, 0.5) is 0 Å². The van der Waals surface area contributed by atoms with E-state index in [1.807, 2.05) is 0 Å². The predicted octanol–water partition coefficient (Wildman–Crippen LogP) is 0.411. The molecule has 1 atom stereocenters. The molecule has 9 heteroatoms. The van der Waals surface area contributed by atoms with E-state index in [2.05, 4.69) is 0 Å². The molecule has 7 nitrogen and oxygen atoms in total. The Hall–Kier alpha value is -1.35. The zero-order chi connectivity index (χ0) is 16.1. The smallest absolute Gasteiger partial charge is 0.328 e. The molecule has 0 saturated carbocycles. The van der Waals surface area contributed by atoms with Gasteiger partial charge in [-0.15, -0.1) is 12.4 Å². The fourth-order valence-corrected chi connectivity index (χ4v) is 4.87. The first-order valence-corrected chi connectivity index (χ1v) is 8.69. The molecule has 23 heavy (non-hydrogen) atoms. The number of aromatic nitrogens is 2. The number of rotatable bonds is 3. The number of halogens is 1. The van der Waals surface area contributed by atoms with Gasteiger partial charge in [0, 0.05) is 33.2 Å². The van der Waals surface area contributed by atoms with Crippen molar-refractivity contribution in [3.8, 4) is 0 Å². The second-order valence-corrected chi connectivity index (χ2v) is 7.59. The Bertz CT molecular complexity index is 887. The Balaban J connectivity index is 0.00000192. The zero-order valence-corrected chi connectivity index (χ0v) is 14.7. The van der Waals surface area contributed by atoms with E-state index in [4.69, 9.17) is 5.73 Å². The predicted molar refractivity (Wildman–Crippen MR) is 91.4 cm³/mol. The van der Waals surface area contributed by atoms with Crippen molar-refractivity contribution in [3.05, 3.63) is 28.7 Å². The quantitative estimate of drug-likeness (QED) is 0.858. The summed E-state index contributed by atoms with van der Waals surface area (Å²) in [6, 6.07) is 4.67. The number of sulfonamides is 1. The van der Waals surface area contributed by atoms with Crippen LogP contribution in [-0.2, 0) is 24.1 Å². The van der Waals surface area contributed by atoms with Crippen molar-refractivity contribution in [3.63, 3.8) is 0 Å². The molecule has 2 aromatic rings. The highest BCUT2D eigenvalue weighted by atomic mass is 35.5. The number of nitrogens with zero attached hydrogens (tertiary/aromatic N) is 3. The molecule has 1 aliphatic rings. The minimum Gasteiger partial charge on any atom is -0.329 e. The minimum absolute atomic E-state index is 0. The maximum absolute atomic E-state index is 12.8. The summed E-state index contributed by atoms with van der Waals surface area (Å²) in [4.78, 5) is 12.2. The Morgan fingerprint density at radius 2 is 1.87 bits per heavy atom. The first-order chi connectivity index (χ1) is 10.4. The van der Waals surface area contributed by atoms with Crippen LogP contribution in [0.1, 0.15) is 12.8 Å². The van der Waals surface area contributed by atoms with Gasteiger partial charge in [0.25, 0.3) is 0 Å². The van der Waals surface area contributed by atoms with Crippen LogP contribution < -0.4 is 11.4 Å². The Kier molecular flexibility index (Phi) is 4.91. The lowest BCUT2D eigenvalue weighted by Crippen LogP contribution is -2.39. The number of imidazole rings is 1. The Labute approximate surface area is 141 Å². The molecular formula is C14H21ClN4O3S. The molecular weight excluding hydrogens is 340 g/mol. The molecule has 2 N–H and O–H groups in total. The van der Waals surface area contributed by atoms with Gasteiger partial charge in [0.1, 0.15) is 0 Å². The van der Waals surface area contributed by atoms with Gasteiger partial charge in [-0.1, -0.05) is 0 Å². The van der Waals surface area contributed by atoms with Crippen LogP contribution in [0.3, 0.4) is 0 Å². The molecule has 1 aromatic carbocycles. The monoisotopic (exact) mass is 360 g/mol. The molecule has 1 aliphatic heterocycles. The summed E-state index contributed by atoms with van der Waals surface area (Å²) >= 11 is 0. The van der Waals surface area contributed by atoms with Gasteiger partial charge in [-0.2, -0.15) is 4.31 Å². The van der Waals surface area contributed by atoms with Crippen LogP contribution in [0.5, 0.6) is 0 Å². The number of aryl methyl sites for hydroxylation is 2. The fraction of sp³-hybridized carbons (Fsp3) is 0.500. The highest BCUT2D eigenvalue weighted by Gasteiger charge is 2.34. The summed E-state index contributed by atoms with van der Waals surface area (Å²) < 4.78 is 30.1. The number of hydrogen-bond acceptors (Lipinski definition) is 4. The van der Waals surface area contributed by atoms with Crippen molar-refractivity contribution in [2.45, 2.75) is 23.8 Å². The maximum atomic E-state index is 12.8. The lowest BCUT2D eigenvalue weighted by Gasteiger charge is -2.22. The van der Waals surface area contributed by atoms with Crippen LogP contribution in [0.15, 0.2) is 27.9 Å². The van der Waals surface area contributed by atoms with E-state index in [9.17, 15) is 13.2 Å². The third-order valence-electron chi connectivity index (χ3n) is 4.45. The standard InChI is InChI=1S/C14H20N4O3S.ClH/c1-16-12-6-5-11(8-13(12)17(2)14(16)19)22(20,21)18-7-3-4-10(18)9-15;/h5-6,8,10H,3-4,7,9,15H2,1-2H3;1H. The van der Waals surface area contributed by atoms with Gasteiger partial charge in [0.2, 0.25) is 10.0 Å². The maximum Gasteiger partial charge on any atom is 0.328 e. The highest BCUT2D eigenvalue weighted by Crippen LogP contribution is 2.27. The summed E-state index contributed by atoms with van der Waals surface area (Å²) in [5, 5.41) is 0. The molecule has 0 aliphatic carbocycles. The molecule has 3 rings (SSSR count). The summed E-state index contributed by atoms with van der Waals surface area (Å²) in [6.45, 7) is 0.821. The van der Waals surface area contributed by atoms with E-state index in [0.29, 0.717) is 24.1 Å². The SMILES string of the molecule is Cl.Cn1c(=O)n(C)c2cc(S(=O)(=O)N3CCCC3CN)ccc21. The van der Waals surface area contributed by atoms with Crippen molar-refractivity contribution < 1.29 is 8.42 Å². The van der Waals surface area contributed by atoms with Crippen LogP contribution in [-0.4, -0.2) is 41.0 Å². The summed E-state index contributed by atoms with van der Waals surface area (Å²) in [6.07, 6.45) is 1.62. The molecule has 0 bridgehead atoms. The molecule has 2 heterocycles. The summed E-state index contributed by atoms with van der Waals surface area (Å²) in [7, 11) is -0.274. The van der Waals surface area contributed by atoms with Gasteiger partial charge in [0.05, 0.1) is 15.9 Å². The van der Waals surface area contributed by atoms with Crippen LogP contribution >= 0.6 is 12.4 Å². The average Bonchev–Trinajstić information content (AvgIpc) is 3.08. The summed E-state index contributed by atoms with van der Waals surface area (Å²) in [5.41, 5.74) is 6.83. The second kappa shape index (κ2) is 6.27. The lowest BCUT2D eigenvalue weighted by molar-refractivity contribution is 0.393. The number of fused-ring (bicyclic) bond motifs is 1. The van der Waals surface area contributed by atoms with Crippen LogP contribution in [0.2, 0.25) is 0 Å². The van der Waals surface area contributed by atoms with Crippen LogP contribution in [0.25, 0.3) is 11.0 Å². The topological polar surface area (TPSA) is 90.3 Å². The lowest BCUT2D eigenvalue weighted by atomic mass is 10.2. The van der Waals surface area contributed by atoms with Gasteiger partial charge in [-0.05, 0) is 31.0 Å². The first kappa shape index (κ1) is 18.0. The molecule has 1 aromatic heterocycles. The van der Waals surface area contributed by atoms with E-state index >= 15 is 0 Å². The van der Waals surface area contributed by atoms with E-state index in [0.717, 1.165) is 12.8 Å². The minimum atomic E-state index is -3.58. The molecule has 0 amide bonds. The van der Waals surface area contributed by atoms with Gasteiger partial charge in [-0.3, -0.25) is 9.13 Å². The van der Waals surface area contributed by atoms with Crippen LogP contribution in [0, 0.1) is 0 Å². The normalized spacial score (nSPS) is 19.2. The first-order valence-electron chi connectivity index (χ1n) is 7.25. The molecule has 1 unspecified atom stereocenters. The van der Waals surface area contributed by atoms with Crippen molar-refractivity contribution in [1.82, 2.24) is 13.4 Å².